The summed E-state index contributed by atoms with van der Waals surface area (Å²) in [6.07, 6.45) is 8.95. The third-order valence-electron chi connectivity index (χ3n) is 4.37. The van der Waals surface area contributed by atoms with Gasteiger partial charge in [0, 0.05) is 24.6 Å². The Morgan fingerprint density at radius 2 is 1.91 bits per heavy atom. The molecule has 6 nitrogen and oxygen atoms in total. The zero-order valence-electron chi connectivity index (χ0n) is 12.8. The van der Waals surface area contributed by atoms with Crippen LogP contribution in [-0.2, 0) is 0 Å². The summed E-state index contributed by atoms with van der Waals surface area (Å²) in [6, 6.07) is 8.15. The van der Waals surface area contributed by atoms with Crippen LogP contribution in [0.2, 0.25) is 0 Å². The first kappa shape index (κ1) is 14.1. The van der Waals surface area contributed by atoms with Gasteiger partial charge >= 0.3 is 0 Å². The molecule has 0 radical (unpaired) electrons. The second kappa shape index (κ2) is 5.96. The highest BCUT2D eigenvalue weighted by molar-refractivity contribution is 5.77. The van der Waals surface area contributed by atoms with Gasteiger partial charge in [-0.15, -0.1) is 0 Å². The van der Waals surface area contributed by atoms with Gasteiger partial charge in [-0.1, -0.05) is 0 Å². The van der Waals surface area contributed by atoms with Crippen LogP contribution in [0.25, 0.3) is 16.9 Å². The van der Waals surface area contributed by atoms with E-state index < -0.39 is 0 Å². The Morgan fingerprint density at radius 1 is 1.04 bits per heavy atom. The van der Waals surface area contributed by atoms with Crippen LogP contribution in [0, 0.1) is 0 Å². The van der Waals surface area contributed by atoms with Gasteiger partial charge in [0.15, 0.2) is 0 Å². The van der Waals surface area contributed by atoms with Crippen LogP contribution in [0.1, 0.15) is 25.7 Å². The van der Waals surface area contributed by atoms with Gasteiger partial charge < -0.3 is 10.4 Å². The number of pyridine rings is 1. The maximum atomic E-state index is 9.59. The molecule has 1 aliphatic rings. The van der Waals surface area contributed by atoms with Crippen LogP contribution in [0.5, 0.6) is 0 Å². The summed E-state index contributed by atoms with van der Waals surface area (Å²) in [7, 11) is 0. The lowest BCUT2D eigenvalue weighted by Gasteiger charge is -2.26. The number of fused-ring (bicyclic) bond motifs is 1. The molecule has 1 fully saturated rings. The maximum Gasteiger partial charge on any atom is 0.224 e. The molecule has 0 bridgehead atoms. The molecular formula is C17H19N5O. The molecule has 3 heterocycles. The number of aromatic nitrogens is 4. The van der Waals surface area contributed by atoms with Crippen molar-refractivity contribution in [2.24, 2.45) is 0 Å². The van der Waals surface area contributed by atoms with Gasteiger partial charge in [-0.05, 0) is 49.9 Å². The Bertz CT molecular complexity index is 807. The van der Waals surface area contributed by atoms with Gasteiger partial charge in [-0.2, -0.15) is 4.98 Å². The van der Waals surface area contributed by atoms with Crippen molar-refractivity contribution in [3.05, 3.63) is 42.9 Å². The summed E-state index contributed by atoms with van der Waals surface area (Å²) < 4.78 is 2.01. The van der Waals surface area contributed by atoms with E-state index in [2.05, 4.69) is 20.3 Å². The second-order valence-corrected chi connectivity index (χ2v) is 5.98. The minimum absolute atomic E-state index is 0.154. The summed E-state index contributed by atoms with van der Waals surface area (Å²) in [5.41, 5.74) is 1.97. The highest BCUT2D eigenvalue weighted by atomic mass is 16.3. The second-order valence-electron chi connectivity index (χ2n) is 5.98. The number of aliphatic hydroxyl groups excluding tert-OH is 1. The van der Waals surface area contributed by atoms with Crippen LogP contribution in [0.15, 0.2) is 42.9 Å². The Labute approximate surface area is 134 Å². The van der Waals surface area contributed by atoms with E-state index in [-0.39, 0.29) is 6.10 Å². The van der Waals surface area contributed by atoms with Crippen molar-refractivity contribution in [1.82, 2.24) is 19.5 Å². The molecule has 2 N–H and O–H groups in total. The van der Waals surface area contributed by atoms with Gasteiger partial charge in [0.05, 0.1) is 17.1 Å². The lowest BCUT2D eigenvalue weighted by Crippen LogP contribution is -2.29. The first-order chi connectivity index (χ1) is 11.3. The fourth-order valence-corrected chi connectivity index (χ4v) is 3.12. The van der Waals surface area contributed by atoms with Gasteiger partial charge in [0.1, 0.15) is 5.82 Å². The highest BCUT2D eigenvalue weighted by Gasteiger charge is 2.19. The average Bonchev–Trinajstić information content (AvgIpc) is 3.01. The van der Waals surface area contributed by atoms with E-state index in [9.17, 15) is 5.11 Å². The molecule has 118 valence electrons. The smallest absolute Gasteiger partial charge is 0.224 e. The van der Waals surface area contributed by atoms with Gasteiger partial charge in [0.25, 0.3) is 0 Å². The number of hydrogen-bond donors (Lipinski definition) is 2. The van der Waals surface area contributed by atoms with E-state index in [1.165, 1.54) is 0 Å². The predicted molar refractivity (Wildman–Crippen MR) is 88.5 cm³/mol. The summed E-state index contributed by atoms with van der Waals surface area (Å²) in [5.74, 6) is 1.45. The maximum absolute atomic E-state index is 9.59. The van der Waals surface area contributed by atoms with Gasteiger partial charge in [-0.3, -0.25) is 9.55 Å². The van der Waals surface area contributed by atoms with Crippen LogP contribution in [0.4, 0.5) is 5.95 Å². The van der Waals surface area contributed by atoms with Crippen molar-refractivity contribution in [2.45, 2.75) is 37.8 Å². The number of nitrogens with zero attached hydrogens (tertiary/aromatic N) is 4. The number of rotatable bonds is 3. The largest absolute Gasteiger partial charge is 0.393 e. The molecule has 3 aromatic heterocycles. The van der Waals surface area contributed by atoms with Crippen molar-refractivity contribution in [1.29, 1.82) is 0 Å². The van der Waals surface area contributed by atoms with Crippen molar-refractivity contribution in [2.75, 3.05) is 5.32 Å². The van der Waals surface area contributed by atoms with Crippen LogP contribution < -0.4 is 5.32 Å². The van der Waals surface area contributed by atoms with Gasteiger partial charge in [0.2, 0.25) is 5.95 Å². The number of aliphatic hydroxyl groups is 1. The average molecular weight is 309 g/mol. The normalized spacial score (nSPS) is 21.4. The topological polar surface area (TPSA) is 75.9 Å². The van der Waals surface area contributed by atoms with Crippen LogP contribution in [0.3, 0.4) is 0 Å². The van der Waals surface area contributed by atoms with E-state index >= 15 is 0 Å². The molecule has 0 atom stereocenters. The highest BCUT2D eigenvalue weighted by Crippen LogP contribution is 2.22. The number of nitrogens with one attached hydrogen (secondary N) is 1. The molecule has 1 saturated carbocycles. The Kier molecular flexibility index (Phi) is 3.67. The van der Waals surface area contributed by atoms with Crippen molar-refractivity contribution < 1.29 is 5.11 Å². The van der Waals surface area contributed by atoms with Crippen molar-refractivity contribution in [3.63, 3.8) is 0 Å². The molecule has 6 heteroatoms. The summed E-state index contributed by atoms with van der Waals surface area (Å²) in [4.78, 5) is 13.3. The zero-order chi connectivity index (χ0) is 15.6. The molecular weight excluding hydrogens is 290 g/mol. The standard InChI is InChI=1S/C17H19N5O/c23-13-5-3-12(4-6-13)20-17-19-10-7-16(21-17)22-11-8-14-15(22)2-1-9-18-14/h1-2,7-13,23H,3-6H2,(H,19,20,21)/t12-,13-. The molecule has 0 unspecified atom stereocenters. The Hall–Kier alpha value is -2.47. The SMILES string of the molecule is O[C@H]1CC[C@H](Nc2nccc(-n3ccc4ncccc43)n2)CC1. The van der Waals surface area contributed by atoms with Crippen molar-refractivity contribution >= 4 is 17.0 Å². The summed E-state index contributed by atoms with van der Waals surface area (Å²) in [6.45, 7) is 0. The molecule has 0 saturated heterocycles. The predicted octanol–water partition coefficient (Wildman–Crippen LogP) is 2.53. The molecule has 3 aromatic rings. The Morgan fingerprint density at radius 3 is 2.78 bits per heavy atom. The molecule has 23 heavy (non-hydrogen) atoms. The minimum Gasteiger partial charge on any atom is -0.393 e. The summed E-state index contributed by atoms with van der Waals surface area (Å²) in [5, 5.41) is 13.0. The van der Waals surface area contributed by atoms with E-state index in [1.807, 2.05) is 35.0 Å². The van der Waals surface area contributed by atoms with E-state index in [1.54, 1.807) is 12.4 Å². The lowest BCUT2D eigenvalue weighted by molar-refractivity contribution is 0.126. The lowest BCUT2D eigenvalue weighted by atomic mass is 9.93. The molecule has 0 aromatic carbocycles. The molecule has 0 aliphatic heterocycles. The van der Waals surface area contributed by atoms with E-state index in [4.69, 9.17) is 0 Å². The fraction of sp³-hybridized carbons (Fsp3) is 0.353. The summed E-state index contributed by atoms with van der Waals surface area (Å²) >= 11 is 0. The number of hydrogen-bond acceptors (Lipinski definition) is 5. The zero-order valence-corrected chi connectivity index (χ0v) is 12.8. The van der Waals surface area contributed by atoms with Gasteiger partial charge in [-0.25, -0.2) is 4.98 Å². The van der Waals surface area contributed by atoms with E-state index in [0.29, 0.717) is 12.0 Å². The number of anilines is 1. The third-order valence-corrected chi connectivity index (χ3v) is 4.37. The minimum atomic E-state index is -0.154. The molecule has 0 spiro atoms. The Balaban J connectivity index is 1.59. The van der Waals surface area contributed by atoms with Crippen molar-refractivity contribution in [3.8, 4) is 5.82 Å². The fourth-order valence-electron chi connectivity index (χ4n) is 3.12. The molecule has 0 amide bonds. The molecule has 4 rings (SSSR count). The van der Waals surface area contributed by atoms with Crippen LogP contribution >= 0.6 is 0 Å². The van der Waals surface area contributed by atoms with Crippen LogP contribution in [-0.4, -0.2) is 36.8 Å². The third kappa shape index (κ3) is 2.90. The molecule has 1 aliphatic carbocycles. The first-order valence-corrected chi connectivity index (χ1v) is 8.00. The first-order valence-electron chi connectivity index (χ1n) is 8.00. The monoisotopic (exact) mass is 309 g/mol. The van der Waals surface area contributed by atoms with E-state index in [0.717, 1.165) is 42.5 Å². The quantitative estimate of drug-likeness (QED) is 0.777.